The van der Waals surface area contributed by atoms with Crippen LogP contribution in [0.1, 0.15) is 279 Å². The van der Waals surface area contributed by atoms with Crippen LogP contribution in [0.4, 0.5) is 0 Å². The maximum absolute atomic E-state index is 6.47. The molecule has 3 nitrogen and oxygen atoms in total. The molecular formula is C49H101NO2. The fourth-order valence-electron chi connectivity index (χ4n) is 7.68. The first-order valence-electron chi connectivity index (χ1n) is 24.4. The highest BCUT2D eigenvalue weighted by Crippen LogP contribution is 2.20. The number of nitrogens with one attached hydrogen (secondary N) is 1. The van der Waals surface area contributed by atoms with E-state index in [4.69, 9.17) is 9.47 Å². The van der Waals surface area contributed by atoms with Crippen molar-refractivity contribution in [2.24, 2.45) is 5.92 Å². The zero-order valence-electron chi connectivity index (χ0n) is 37.3. The number of unbranched alkanes of at least 4 members (excludes halogenated alkanes) is 30. The van der Waals surface area contributed by atoms with Gasteiger partial charge < -0.3 is 9.47 Å². The van der Waals surface area contributed by atoms with Crippen LogP contribution in [0, 0.1) is 5.92 Å². The van der Waals surface area contributed by atoms with Gasteiger partial charge in [-0.1, -0.05) is 233 Å². The predicted octanol–water partition coefficient (Wildman–Crippen LogP) is 16.8. The van der Waals surface area contributed by atoms with Crippen molar-refractivity contribution in [2.75, 3.05) is 19.9 Å². The Hall–Kier alpha value is -0.120. The first-order valence-corrected chi connectivity index (χ1v) is 24.4. The van der Waals surface area contributed by atoms with Gasteiger partial charge in [-0.05, 0) is 58.4 Å². The fraction of sp³-hybridized carbons (Fsp3) is 1.00. The van der Waals surface area contributed by atoms with Crippen LogP contribution in [0.25, 0.3) is 0 Å². The second kappa shape index (κ2) is 42.0. The van der Waals surface area contributed by atoms with Gasteiger partial charge in [0, 0.05) is 6.61 Å². The Balaban J connectivity index is 4.05. The van der Waals surface area contributed by atoms with E-state index in [1.165, 1.54) is 218 Å². The van der Waals surface area contributed by atoms with Gasteiger partial charge in [-0.15, -0.1) is 0 Å². The largest absolute Gasteiger partial charge is 0.376 e. The lowest BCUT2D eigenvalue weighted by Gasteiger charge is -2.26. The third kappa shape index (κ3) is 42.6. The van der Waals surface area contributed by atoms with Crippen molar-refractivity contribution in [3.05, 3.63) is 0 Å². The van der Waals surface area contributed by atoms with E-state index in [1.54, 1.807) is 0 Å². The molecule has 1 N–H and O–H groups in total. The summed E-state index contributed by atoms with van der Waals surface area (Å²) in [6.07, 6.45) is 52.2. The minimum atomic E-state index is -0.0273. The Morgan fingerprint density at radius 1 is 0.423 bits per heavy atom. The summed E-state index contributed by atoms with van der Waals surface area (Å²) >= 11 is 0. The molecule has 52 heavy (non-hydrogen) atoms. The molecule has 0 heterocycles. The molecule has 0 saturated heterocycles. The molecule has 0 aliphatic rings. The normalized spacial score (nSPS) is 12.2. The highest BCUT2D eigenvalue weighted by Gasteiger charge is 2.18. The van der Waals surface area contributed by atoms with E-state index < -0.39 is 0 Å². The Morgan fingerprint density at radius 2 is 0.750 bits per heavy atom. The molecule has 0 saturated carbocycles. The van der Waals surface area contributed by atoms with Crippen molar-refractivity contribution in [1.29, 1.82) is 0 Å². The fourth-order valence-corrected chi connectivity index (χ4v) is 7.68. The maximum atomic E-state index is 6.47. The average Bonchev–Trinajstić information content (AvgIpc) is 3.12. The minimum absolute atomic E-state index is 0.0273. The van der Waals surface area contributed by atoms with Crippen LogP contribution in [0.2, 0.25) is 0 Å². The van der Waals surface area contributed by atoms with Crippen LogP contribution >= 0.6 is 0 Å². The van der Waals surface area contributed by atoms with Gasteiger partial charge in [0.25, 0.3) is 0 Å². The van der Waals surface area contributed by atoms with Crippen molar-refractivity contribution >= 4 is 0 Å². The highest BCUT2D eigenvalue weighted by atomic mass is 16.5. The summed E-state index contributed by atoms with van der Waals surface area (Å²) in [6, 6.07) is 0. The number of hydrogen-bond acceptors (Lipinski definition) is 3. The second-order valence-corrected chi connectivity index (χ2v) is 18.0. The van der Waals surface area contributed by atoms with E-state index in [0.29, 0.717) is 18.8 Å². The number of hydrogen-bond donors (Lipinski definition) is 1. The van der Waals surface area contributed by atoms with Crippen LogP contribution < -0.4 is 5.32 Å². The molecule has 0 bridgehead atoms. The van der Waals surface area contributed by atoms with Gasteiger partial charge in [0.05, 0.1) is 18.4 Å². The van der Waals surface area contributed by atoms with Gasteiger partial charge in [0.2, 0.25) is 0 Å². The van der Waals surface area contributed by atoms with E-state index in [-0.39, 0.29) is 5.60 Å². The van der Waals surface area contributed by atoms with Gasteiger partial charge in [-0.3, -0.25) is 5.32 Å². The lowest BCUT2D eigenvalue weighted by Crippen LogP contribution is -2.29. The van der Waals surface area contributed by atoms with Crippen LogP contribution in [-0.4, -0.2) is 31.6 Å². The molecule has 314 valence electrons. The van der Waals surface area contributed by atoms with Crippen molar-refractivity contribution in [3.8, 4) is 0 Å². The Kier molecular flexibility index (Phi) is 41.9. The minimum Gasteiger partial charge on any atom is -0.376 e. The van der Waals surface area contributed by atoms with Gasteiger partial charge in [0.1, 0.15) is 0 Å². The molecule has 0 fully saturated rings. The first kappa shape index (κ1) is 51.9. The van der Waals surface area contributed by atoms with Crippen LogP contribution in [0.5, 0.6) is 0 Å². The van der Waals surface area contributed by atoms with Crippen molar-refractivity contribution in [2.45, 2.75) is 291 Å². The Morgan fingerprint density at radius 3 is 1.08 bits per heavy atom. The van der Waals surface area contributed by atoms with Crippen LogP contribution in [0.3, 0.4) is 0 Å². The molecule has 0 rings (SSSR count). The molecule has 0 aromatic carbocycles. The van der Waals surface area contributed by atoms with E-state index in [1.807, 2.05) is 0 Å². The lowest BCUT2D eigenvalue weighted by atomic mass is 10.0. The van der Waals surface area contributed by atoms with Crippen molar-refractivity contribution in [3.63, 3.8) is 0 Å². The zero-order chi connectivity index (χ0) is 38.1. The lowest BCUT2D eigenvalue weighted by molar-refractivity contribution is -0.0296. The summed E-state index contributed by atoms with van der Waals surface area (Å²) in [5, 5.41) is 3.60. The number of rotatable bonds is 45. The first-order chi connectivity index (χ1) is 25.4. The van der Waals surface area contributed by atoms with E-state index in [9.17, 15) is 0 Å². The van der Waals surface area contributed by atoms with Crippen molar-refractivity contribution < 1.29 is 9.47 Å². The molecule has 0 unspecified atom stereocenters. The van der Waals surface area contributed by atoms with Crippen LogP contribution in [0.15, 0.2) is 0 Å². The summed E-state index contributed by atoms with van der Waals surface area (Å²) < 4.78 is 12.6. The van der Waals surface area contributed by atoms with Gasteiger partial charge in [-0.25, -0.2) is 0 Å². The monoisotopic (exact) mass is 736 g/mol. The standard InChI is InChI=1S/C49H101NO2/c1-7-9-11-13-15-17-19-21-23-25-27-29-31-33-35-37-40-48(51-46-50-44-39-43-49(5,6)52-45-42-47(3)4)41-38-36-34-32-30-28-26-24-22-20-18-16-14-12-10-8-2/h47-48,50H,7-46H2,1-6H3. The molecule has 0 aromatic heterocycles. The Bertz CT molecular complexity index is 613. The summed E-state index contributed by atoms with van der Waals surface area (Å²) in [7, 11) is 0. The van der Waals surface area contributed by atoms with E-state index in [0.717, 1.165) is 32.4 Å². The molecule has 0 atom stereocenters. The zero-order valence-corrected chi connectivity index (χ0v) is 37.3. The smallest absolute Gasteiger partial charge is 0.0969 e. The van der Waals surface area contributed by atoms with E-state index in [2.05, 4.69) is 46.9 Å². The SMILES string of the molecule is CCCCCCCCCCCCCCCCCCC(CCCCCCCCCCCCCCCCCC)OCNCCCC(C)(C)OCCC(C)C. The maximum Gasteiger partial charge on any atom is 0.0969 e. The summed E-state index contributed by atoms with van der Waals surface area (Å²) in [6.45, 7) is 16.3. The van der Waals surface area contributed by atoms with Gasteiger partial charge >= 0.3 is 0 Å². The Labute approximate surface area is 330 Å². The molecule has 0 amide bonds. The summed E-state index contributed by atoms with van der Waals surface area (Å²) in [4.78, 5) is 0. The quantitative estimate of drug-likeness (QED) is 0.0499. The second-order valence-electron chi connectivity index (χ2n) is 18.0. The van der Waals surface area contributed by atoms with Gasteiger partial charge in [-0.2, -0.15) is 0 Å². The highest BCUT2D eigenvalue weighted by molar-refractivity contribution is 4.69. The third-order valence-corrected chi connectivity index (χ3v) is 11.5. The van der Waals surface area contributed by atoms with E-state index >= 15 is 0 Å². The number of ether oxygens (including phenoxy) is 2. The molecule has 0 spiro atoms. The molecule has 0 aliphatic carbocycles. The summed E-state index contributed by atoms with van der Waals surface area (Å²) in [5.74, 6) is 0.709. The molecular weight excluding hydrogens is 635 g/mol. The third-order valence-electron chi connectivity index (χ3n) is 11.5. The average molecular weight is 736 g/mol. The molecule has 0 radical (unpaired) electrons. The molecule has 0 aliphatic heterocycles. The van der Waals surface area contributed by atoms with Crippen molar-refractivity contribution in [1.82, 2.24) is 5.32 Å². The topological polar surface area (TPSA) is 30.5 Å². The summed E-state index contributed by atoms with van der Waals surface area (Å²) in [5.41, 5.74) is -0.0273. The van der Waals surface area contributed by atoms with Crippen LogP contribution in [-0.2, 0) is 9.47 Å². The van der Waals surface area contributed by atoms with Gasteiger partial charge in [0.15, 0.2) is 0 Å². The molecule has 0 aromatic rings. The predicted molar refractivity (Wildman–Crippen MR) is 235 cm³/mol. The molecule has 3 heteroatoms.